The van der Waals surface area contributed by atoms with Crippen LogP contribution in [0.1, 0.15) is 12.0 Å². The van der Waals surface area contributed by atoms with Crippen LogP contribution in [0.2, 0.25) is 0 Å². The first-order chi connectivity index (χ1) is 10.6. The van der Waals surface area contributed by atoms with Crippen molar-refractivity contribution in [3.8, 4) is 0 Å². The highest BCUT2D eigenvalue weighted by Crippen LogP contribution is 2.31. The Bertz CT molecular complexity index is 632. The van der Waals surface area contributed by atoms with Crippen LogP contribution in [-0.4, -0.2) is 56.8 Å². The van der Waals surface area contributed by atoms with Crippen molar-refractivity contribution in [2.75, 3.05) is 51.8 Å². The highest BCUT2D eigenvalue weighted by molar-refractivity contribution is 9.10. The van der Waals surface area contributed by atoms with E-state index in [1.54, 1.807) is 0 Å². The molecular formula is C17H24BrN3O. The third-order valence-electron chi connectivity index (χ3n) is 4.30. The molecule has 5 heteroatoms. The summed E-state index contributed by atoms with van der Waals surface area (Å²) in [6.45, 7) is 5.05. The van der Waals surface area contributed by atoms with Crippen LogP contribution in [0, 0.1) is 0 Å². The maximum atomic E-state index is 5.41. The molecule has 1 aromatic heterocycles. The Balaban J connectivity index is 1.74. The molecule has 1 aromatic carbocycles. The minimum Gasteiger partial charge on any atom is -0.379 e. The number of nitrogens with zero attached hydrogens (tertiary/aromatic N) is 2. The van der Waals surface area contributed by atoms with Gasteiger partial charge in [-0.15, -0.1) is 0 Å². The van der Waals surface area contributed by atoms with Crippen LogP contribution >= 0.6 is 15.9 Å². The summed E-state index contributed by atoms with van der Waals surface area (Å²) in [7, 11) is 4.20. The molecule has 22 heavy (non-hydrogen) atoms. The molecule has 0 bridgehead atoms. The Morgan fingerprint density at radius 3 is 2.77 bits per heavy atom. The van der Waals surface area contributed by atoms with Crippen LogP contribution in [0.15, 0.2) is 22.7 Å². The fourth-order valence-corrected chi connectivity index (χ4v) is 3.51. The van der Waals surface area contributed by atoms with Crippen molar-refractivity contribution in [3.05, 3.63) is 28.2 Å². The summed E-state index contributed by atoms with van der Waals surface area (Å²) in [6.07, 6.45) is 2.29. The lowest BCUT2D eigenvalue weighted by Crippen LogP contribution is -2.36. The molecule has 3 rings (SSSR count). The van der Waals surface area contributed by atoms with E-state index in [1.807, 2.05) is 0 Å². The first kappa shape index (κ1) is 15.8. The summed E-state index contributed by atoms with van der Waals surface area (Å²) in [5, 5.41) is 1.34. The van der Waals surface area contributed by atoms with E-state index in [9.17, 15) is 0 Å². The van der Waals surface area contributed by atoms with Crippen LogP contribution in [0.5, 0.6) is 0 Å². The van der Waals surface area contributed by atoms with Crippen LogP contribution < -0.4 is 4.90 Å². The van der Waals surface area contributed by atoms with Gasteiger partial charge in [0, 0.05) is 48.1 Å². The van der Waals surface area contributed by atoms with Gasteiger partial charge in [0.15, 0.2) is 0 Å². The minimum absolute atomic E-state index is 0.879. The number of halogens is 1. The molecule has 2 heterocycles. The molecule has 120 valence electrons. The van der Waals surface area contributed by atoms with E-state index in [1.165, 1.54) is 28.7 Å². The number of aromatic amines is 1. The number of fused-ring (bicyclic) bond motifs is 1. The van der Waals surface area contributed by atoms with Crippen molar-refractivity contribution in [2.24, 2.45) is 0 Å². The maximum absolute atomic E-state index is 5.41. The van der Waals surface area contributed by atoms with Crippen molar-refractivity contribution in [1.82, 2.24) is 9.88 Å². The van der Waals surface area contributed by atoms with E-state index in [0.29, 0.717) is 0 Å². The molecular weight excluding hydrogens is 342 g/mol. The number of H-pyrrole nitrogens is 1. The standard InChI is InChI=1S/C17H24BrN3O/c1-20(2)17-15(4-3-7-21-8-10-22-11-9-21)14-6-5-13(18)12-16(14)19-17/h5-6,12,19H,3-4,7-11H2,1-2H3. The van der Waals surface area contributed by atoms with Gasteiger partial charge >= 0.3 is 0 Å². The summed E-state index contributed by atoms with van der Waals surface area (Å²) in [5.74, 6) is 1.23. The maximum Gasteiger partial charge on any atom is 0.109 e. The third-order valence-corrected chi connectivity index (χ3v) is 4.79. The molecule has 1 fully saturated rings. The van der Waals surface area contributed by atoms with Crippen molar-refractivity contribution < 1.29 is 4.74 Å². The zero-order valence-electron chi connectivity index (χ0n) is 13.4. The Kier molecular flexibility index (Phi) is 5.06. The van der Waals surface area contributed by atoms with Crippen molar-refractivity contribution >= 4 is 32.7 Å². The zero-order valence-corrected chi connectivity index (χ0v) is 14.9. The predicted octanol–water partition coefficient (Wildman–Crippen LogP) is 3.26. The highest BCUT2D eigenvalue weighted by Gasteiger charge is 2.15. The number of morpholine rings is 1. The van der Waals surface area contributed by atoms with Gasteiger partial charge in [-0.25, -0.2) is 0 Å². The van der Waals surface area contributed by atoms with E-state index in [2.05, 4.69) is 63.0 Å². The minimum atomic E-state index is 0.879. The van der Waals surface area contributed by atoms with Gasteiger partial charge in [0.05, 0.1) is 13.2 Å². The number of anilines is 1. The van der Waals surface area contributed by atoms with Crippen molar-refractivity contribution in [3.63, 3.8) is 0 Å². The van der Waals surface area contributed by atoms with Crippen LogP contribution in [-0.2, 0) is 11.2 Å². The monoisotopic (exact) mass is 365 g/mol. The second-order valence-corrected chi connectivity index (χ2v) is 7.01. The summed E-state index contributed by atoms with van der Waals surface area (Å²) in [6, 6.07) is 6.50. The predicted molar refractivity (Wildman–Crippen MR) is 95.9 cm³/mol. The Hall–Kier alpha value is -1.04. The summed E-state index contributed by atoms with van der Waals surface area (Å²) >= 11 is 3.56. The molecule has 2 aromatic rings. The second-order valence-electron chi connectivity index (χ2n) is 6.09. The molecule has 1 saturated heterocycles. The number of hydrogen-bond donors (Lipinski definition) is 1. The molecule has 0 saturated carbocycles. The third kappa shape index (κ3) is 3.47. The van der Waals surface area contributed by atoms with Gasteiger partial charge in [0.2, 0.25) is 0 Å². The van der Waals surface area contributed by atoms with E-state index < -0.39 is 0 Å². The smallest absolute Gasteiger partial charge is 0.109 e. The highest BCUT2D eigenvalue weighted by atomic mass is 79.9. The fraction of sp³-hybridized carbons (Fsp3) is 0.529. The van der Waals surface area contributed by atoms with E-state index in [-0.39, 0.29) is 0 Å². The Morgan fingerprint density at radius 2 is 2.05 bits per heavy atom. The number of aromatic nitrogens is 1. The van der Waals surface area contributed by atoms with Gasteiger partial charge in [-0.05, 0) is 31.5 Å². The second kappa shape index (κ2) is 7.02. The molecule has 4 nitrogen and oxygen atoms in total. The van der Waals surface area contributed by atoms with Gasteiger partial charge in [0.25, 0.3) is 0 Å². The van der Waals surface area contributed by atoms with E-state index in [4.69, 9.17) is 4.74 Å². The average Bonchev–Trinajstić information content (AvgIpc) is 2.86. The quantitative estimate of drug-likeness (QED) is 0.882. The summed E-state index contributed by atoms with van der Waals surface area (Å²) in [5.41, 5.74) is 2.64. The lowest BCUT2D eigenvalue weighted by atomic mass is 10.1. The largest absolute Gasteiger partial charge is 0.379 e. The number of rotatable bonds is 5. The molecule has 0 spiro atoms. The first-order valence-corrected chi connectivity index (χ1v) is 8.72. The molecule has 0 amide bonds. The normalized spacial score (nSPS) is 16.3. The fourth-order valence-electron chi connectivity index (χ4n) is 3.15. The lowest BCUT2D eigenvalue weighted by molar-refractivity contribution is 0.0375. The SMILES string of the molecule is CN(C)c1[nH]c2cc(Br)ccc2c1CCCN1CCOCC1. The van der Waals surface area contributed by atoms with Gasteiger partial charge < -0.3 is 14.6 Å². The summed E-state index contributed by atoms with van der Waals surface area (Å²) < 4.78 is 6.53. The Morgan fingerprint density at radius 1 is 1.27 bits per heavy atom. The first-order valence-electron chi connectivity index (χ1n) is 7.92. The molecule has 0 radical (unpaired) electrons. The summed E-state index contributed by atoms with van der Waals surface area (Å²) in [4.78, 5) is 8.24. The molecule has 1 aliphatic heterocycles. The number of aryl methyl sites for hydroxylation is 1. The molecule has 0 atom stereocenters. The van der Waals surface area contributed by atoms with Gasteiger partial charge in [0.1, 0.15) is 5.82 Å². The van der Waals surface area contributed by atoms with Crippen LogP contribution in [0.4, 0.5) is 5.82 Å². The van der Waals surface area contributed by atoms with Gasteiger partial charge in [-0.1, -0.05) is 22.0 Å². The molecule has 1 N–H and O–H groups in total. The number of hydrogen-bond acceptors (Lipinski definition) is 3. The average molecular weight is 366 g/mol. The molecule has 0 aliphatic carbocycles. The molecule has 0 unspecified atom stereocenters. The Labute approximate surface area is 140 Å². The lowest BCUT2D eigenvalue weighted by Gasteiger charge is -2.26. The topological polar surface area (TPSA) is 31.5 Å². The molecule has 1 aliphatic rings. The van der Waals surface area contributed by atoms with Gasteiger partial charge in [-0.2, -0.15) is 0 Å². The number of nitrogens with one attached hydrogen (secondary N) is 1. The van der Waals surface area contributed by atoms with E-state index >= 15 is 0 Å². The van der Waals surface area contributed by atoms with Crippen LogP contribution in [0.3, 0.4) is 0 Å². The van der Waals surface area contributed by atoms with E-state index in [0.717, 1.165) is 43.7 Å². The zero-order chi connectivity index (χ0) is 15.5. The van der Waals surface area contributed by atoms with Crippen LogP contribution in [0.25, 0.3) is 10.9 Å². The van der Waals surface area contributed by atoms with Gasteiger partial charge in [-0.3, -0.25) is 4.90 Å². The number of ether oxygens (including phenoxy) is 1. The number of benzene rings is 1. The van der Waals surface area contributed by atoms with Crippen molar-refractivity contribution in [1.29, 1.82) is 0 Å². The van der Waals surface area contributed by atoms with Crippen molar-refractivity contribution in [2.45, 2.75) is 12.8 Å².